The Labute approximate surface area is 124 Å². The lowest BCUT2D eigenvalue weighted by molar-refractivity contribution is 0.424. The normalized spacial score (nSPS) is 25.0. The highest BCUT2D eigenvalue weighted by Crippen LogP contribution is 2.37. The van der Waals surface area contributed by atoms with Crippen molar-refractivity contribution in [1.29, 1.82) is 0 Å². The molecule has 1 atom stereocenters. The van der Waals surface area contributed by atoms with Crippen molar-refractivity contribution in [3.05, 3.63) is 18.0 Å². The molecule has 0 amide bonds. The minimum Gasteiger partial charge on any atom is -0.346 e. The summed E-state index contributed by atoms with van der Waals surface area (Å²) in [5.41, 5.74) is 6.66. The van der Waals surface area contributed by atoms with Crippen LogP contribution in [0.2, 0.25) is 0 Å². The molecular formula is C13H21N3O2S2. The average molecular weight is 315 g/mol. The summed E-state index contributed by atoms with van der Waals surface area (Å²) in [6.45, 7) is 3.66. The smallest absolute Gasteiger partial charge is 0.244 e. The second kappa shape index (κ2) is 5.36. The highest BCUT2D eigenvalue weighted by molar-refractivity contribution is 8.00. The second-order valence-electron chi connectivity index (χ2n) is 5.55. The van der Waals surface area contributed by atoms with Crippen molar-refractivity contribution >= 4 is 21.8 Å². The summed E-state index contributed by atoms with van der Waals surface area (Å²) in [4.78, 5) is 0.406. The Morgan fingerprint density at radius 3 is 2.80 bits per heavy atom. The Hall–Kier alpha value is -0.500. The van der Waals surface area contributed by atoms with Crippen molar-refractivity contribution in [2.75, 3.05) is 18.8 Å². The fourth-order valence-corrected chi connectivity index (χ4v) is 5.45. The predicted molar refractivity (Wildman–Crippen MR) is 81.3 cm³/mol. The van der Waals surface area contributed by atoms with Crippen LogP contribution >= 0.6 is 11.8 Å². The lowest BCUT2D eigenvalue weighted by Gasteiger charge is -2.29. The minimum absolute atomic E-state index is 0.359. The lowest BCUT2D eigenvalue weighted by atomic mass is 10.4. The van der Waals surface area contributed by atoms with E-state index in [1.165, 1.54) is 0 Å². The molecule has 0 radical (unpaired) electrons. The van der Waals surface area contributed by atoms with Crippen molar-refractivity contribution in [2.24, 2.45) is 5.73 Å². The van der Waals surface area contributed by atoms with Crippen LogP contribution in [0.3, 0.4) is 0 Å². The summed E-state index contributed by atoms with van der Waals surface area (Å²) in [7, 11) is -3.37. The topological polar surface area (TPSA) is 68.3 Å². The van der Waals surface area contributed by atoms with Crippen LogP contribution in [0.1, 0.15) is 31.5 Å². The quantitative estimate of drug-likeness (QED) is 0.912. The van der Waals surface area contributed by atoms with E-state index in [0.717, 1.165) is 24.3 Å². The Kier molecular flexibility index (Phi) is 3.87. The monoisotopic (exact) mass is 315 g/mol. The van der Waals surface area contributed by atoms with Gasteiger partial charge in [0, 0.05) is 48.6 Å². The van der Waals surface area contributed by atoms with Crippen molar-refractivity contribution in [3.8, 4) is 0 Å². The van der Waals surface area contributed by atoms with Crippen molar-refractivity contribution in [1.82, 2.24) is 8.87 Å². The van der Waals surface area contributed by atoms with Gasteiger partial charge in [0.15, 0.2) is 0 Å². The van der Waals surface area contributed by atoms with Gasteiger partial charge in [-0.15, -0.1) is 0 Å². The molecule has 1 aliphatic heterocycles. The molecule has 1 aliphatic carbocycles. The van der Waals surface area contributed by atoms with E-state index in [1.807, 2.05) is 11.8 Å². The first-order chi connectivity index (χ1) is 9.52. The summed E-state index contributed by atoms with van der Waals surface area (Å²) in [6.07, 6.45) is 4.03. The first-order valence-corrected chi connectivity index (χ1v) is 9.54. The molecule has 1 aromatic heterocycles. The molecule has 0 bridgehead atoms. The molecule has 5 nitrogen and oxygen atoms in total. The molecule has 2 fully saturated rings. The highest BCUT2D eigenvalue weighted by Gasteiger charge is 2.32. The largest absolute Gasteiger partial charge is 0.346 e. The van der Waals surface area contributed by atoms with Crippen LogP contribution in [-0.4, -0.2) is 41.4 Å². The number of nitrogens with zero attached hydrogens (tertiary/aromatic N) is 2. The highest BCUT2D eigenvalue weighted by atomic mass is 32.2. The maximum atomic E-state index is 12.7. The molecule has 20 heavy (non-hydrogen) atoms. The third-order valence-electron chi connectivity index (χ3n) is 3.90. The molecule has 0 aromatic carbocycles. The fourth-order valence-electron chi connectivity index (χ4n) is 2.65. The van der Waals surface area contributed by atoms with E-state index in [1.54, 1.807) is 16.6 Å². The van der Waals surface area contributed by atoms with E-state index in [-0.39, 0.29) is 0 Å². The van der Waals surface area contributed by atoms with Crippen LogP contribution in [0.5, 0.6) is 0 Å². The van der Waals surface area contributed by atoms with Gasteiger partial charge in [-0.3, -0.25) is 0 Å². The van der Waals surface area contributed by atoms with Gasteiger partial charge in [-0.2, -0.15) is 16.1 Å². The Morgan fingerprint density at radius 1 is 1.45 bits per heavy atom. The van der Waals surface area contributed by atoms with E-state index in [4.69, 9.17) is 5.73 Å². The van der Waals surface area contributed by atoms with Gasteiger partial charge in [0.05, 0.1) is 0 Å². The second-order valence-corrected chi connectivity index (χ2v) is 9.04. The van der Waals surface area contributed by atoms with Crippen molar-refractivity contribution < 1.29 is 8.42 Å². The van der Waals surface area contributed by atoms with Gasteiger partial charge < -0.3 is 10.3 Å². The molecule has 2 heterocycles. The molecule has 1 saturated heterocycles. The molecule has 3 rings (SSSR count). The molecule has 1 unspecified atom stereocenters. The fraction of sp³-hybridized carbons (Fsp3) is 0.692. The standard InChI is InChI=1S/C13H21N3O2S2/c1-10-8-15(4-5-19-10)20(17,18)13-6-12(7-14)16(9-13)11-2-3-11/h6,9-11H,2-5,7-8,14H2,1H3. The van der Waals surface area contributed by atoms with Gasteiger partial charge >= 0.3 is 0 Å². The molecule has 7 heteroatoms. The number of rotatable bonds is 4. The van der Waals surface area contributed by atoms with Gasteiger partial charge in [-0.25, -0.2) is 8.42 Å². The summed E-state index contributed by atoms with van der Waals surface area (Å²) >= 11 is 1.83. The molecule has 1 aromatic rings. The van der Waals surface area contributed by atoms with E-state index >= 15 is 0 Å². The zero-order valence-electron chi connectivity index (χ0n) is 11.7. The Morgan fingerprint density at radius 2 is 2.20 bits per heavy atom. The maximum Gasteiger partial charge on any atom is 0.244 e. The van der Waals surface area contributed by atoms with Crippen LogP contribution in [0, 0.1) is 0 Å². The molecule has 112 valence electrons. The summed E-state index contributed by atoms with van der Waals surface area (Å²) in [6, 6.07) is 2.20. The van der Waals surface area contributed by atoms with Crippen LogP contribution in [0.25, 0.3) is 0 Å². The van der Waals surface area contributed by atoms with Crippen molar-refractivity contribution in [2.45, 2.75) is 42.5 Å². The van der Waals surface area contributed by atoms with Crippen LogP contribution in [-0.2, 0) is 16.6 Å². The molecular weight excluding hydrogens is 294 g/mol. The molecule has 2 N–H and O–H groups in total. The number of thioether (sulfide) groups is 1. The minimum atomic E-state index is -3.37. The zero-order valence-corrected chi connectivity index (χ0v) is 13.3. The van der Waals surface area contributed by atoms with Gasteiger partial charge in [0.25, 0.3) is 0 Å². The number of hydrogen-bond acceptors (Lipinski definition) is 4. The maximum absolute atomic E-state index is 12.7. The lowest BCUT2D eigenvalue weighted by Crippen LogP contribution is -2.40. The first kappa shape index (κ1) is 14.4. The molecule has 0 spiro atoms. The number of aromatic nitrogens is 1. The van der Waals surface area contributed by atoms with E-state index in [9.17, 15) is 8.42 Å². The molecule has 2 aliphatic rings. The van der Waals surface area contributed by atoms with Gasteiger partial charge in [-0.05, 0) is 18.9 Å². The van der Waals surface area contributed by atoms with E-state index in [0.29, 0.717) is 35.8 Å². The van der Waals surface area contributed by atoms with Crippen molar-refractivity contribution in [3.63, 3.8) is 0 Å². The van der Waals surface area contributed by atoms with Crippen LogP contribution < -0.4 is 5.73 Å². The van der Waals surface area contributed by atoms with Gasteiger partial charge in [-0.1, -0.05) is 6.92 Å². The van der Waals surface area contributed by atoms with Gasteiger partial charge in [0.1, 0.15) is 4.90 Å². The van der Waals surface area contributed by atoms with Crippen LogP contribution in [0.4, 0.5) is 0 Å². The summed E-state index contributed by atoms with van der Waals surface area (Å²) < 4.78 is 29.1. The summed E-state index contributed by atoms with van der Waals surface area (Å²) in [5.74, 6) is 0.869. The SMILES string of the molecule is CC1CN(S(=O)(=O)c2cc(CN)n(C3CC3)c2)CCS1. The molecule has 1 saturated carbocycles. The van der Waals surface area contributed by atoms with Crippen LogP contribution in [0.15, 0.2) is 17.2 Å². The van der Waals surface area contributed by atoms with E-state index in [2.05, 4.69) is 11.5 Å². The number of sulfonamides is 1. The first-order valence-electron chi connectivity index (χ1n) is 7.05. The zero-order chi connectivity index (χ0) is 14.3. The van der Waals surface area contributed by atoms with E-state index < -0.39 is 10.0 Å². The predicted octanol–water partition coefficient (Wildman–Crippen LogP) is 1.41. The Balaban J connectivity index is 1.90. The summed E-state index contributed by atoms with van der Waals surface area (Å²) in [5, 5.41) is 0.359. The Bertz CT molecular complexity index is 593. The third kappa shape index (κ3) is 2.64. The number of nitrogens with two attached hydrogens (primary N) is 1. The number of hydrogen-bond donors (Lipinski definition) is 1. The average Bonchev–Trinajstić information content (AvgIpc) is 3.17. The van der Waals surface area contributed by atoms with Gasteiger partial charge in [0.2, 0.25) is 10.0 Å². The third-order valence-corrected chi connectivity index (χ3v) is 6.86.